The van der Waals surface area contributed by atoms with Gasteiger partial charge < -0.3 is 20.2 Å². The Balaban J connectivity index is 1.42. The van der Waals surface area contributed by atoms with Crippen LogP contribution in [0.5, 0.6) is 0 Å². The number of aliphatic hydroxyl groups is 1. The van der Waals surface area contributed by atoms with Crippen LogP contribution in [0.15, 0.2) is 24.5 Å². The Labute approximate surface area is 150 Å². The number of aromatic nitrogens is 1. The lowest BCUT2D eigenvalue weighted by molar-refractivity contribution is 0.130. The lowest BCUT2D eigenvalue weighted by atomic mass is 9.96. The van der Waals surface area contributed by atoms with E-state index in [9.17, 15) is 9.90 Å². The van der Waals surface area contributed by atoms with Crippen LogP contribution in [0.3, 0.4) is 0 Å². The molecule has 6 heteroatoms. The Morgan fingerprint density at radius 1 is 1.16 bits per heavy atom. The average molecular weight is 346 g/mol. The topological polar surface area (TPSA) is 68.7 Å². The second-order valence-corrected chi connectivity index (χ2v) is 7.18. The maximum atomic E-state index is 12.5. The van der Waals surface area contributed by atoms with Crippen LogP contribution in [-0.4, -0.2) is 59.8 Å². The summed E-state index contributed by atoms with van der Waals surface area (Å²) < 4.78 is 0. The van der Waals surface area contributed by atoms with Gasteiger partial charge in [0.1, 0.15) is 0 Å². The molecule has 2 amide bonds. The average Bonchev–Trinajstić information content (AvgIpc) is 2.68. The Morgan fingerprint density at radius 2 is 1.92 bits per heavy atom. The summed E-state index contributed by atoms with van der Waals surface area (Å²) in [6.45, 7) is 3.78. The predicted molar refractivity (Wildman–Crippen MR) is 98.6 cm³/mol. The normalized spacial score (nSPS) is 22.0. The van der Waals surface area contributed by atoms with Gasteiger partial charge >= 0.3 is 6.03 Å². The third-order valence-corrected chi connectivity index (χ3v) is 5.53. The third-order valence-electron chi connectivity index (χ3n) is 5.53. The molecule has 6 nitrogen and oxygen atoms in total. The van der Waals surface area contributed by atoms with E-state index >= 15 is 0 Å². The van der Waals surface area contributed by atoms with E-state index < -0.39 is 0 Å². The Kier molecular flexibility index (Phi) is 6.50. The minimum atomic E-state index is 0.0507. The number of hydrogen-bond acceptors (Lipinski definition) is 4. The largest absolute Gasteiger partial charge is 0.396 e. The molecule has 0 radical (unpaired) electrons. The van der Waals surface area contributed by atoms with Crippen LogP contribution in [0.4, 0.5) is 10.5 Å². The number of carbonyl (C=O) groups is 1. The van der Waals surface area contributed by atoms with Gasteiger partial charge in [-0.05, 0) is 56.6 Å². The quantitative estimate of drug-likeness (QED) is 0.858. The summed E-state index contributed by atoms with van der Waals surface area (Å²) in [6, 6.07) is 4.36. The molecule has 1 aromatic heterocycles. The van der Waals surface area contributed by atoms with E-state index in [0.717, 1.165) is 58.3 Å². The summed E-state index contributed by atoms with van der Waals surface area (Å²) in [5.41, 5.74) is 1.23. The van der Waals surface area contributed by atoms with E-state index in [1.54, 1.807) is 0 Å². The van der Waals surface area contributed by atoms with Crippen molar-refractivity contribution in [3.63, 3.8) is 0 Å². The molecule has 1 unspecified atom stereocenters. The predicted octanol–water partition coefficient (Wildman–Crippen LogP) is 2.24. The maximum absolute atomic E-state index is 12.5. The number of nitrogens with zero attached hydrogens (tertiary/aromatic N) is 3. The molecule has 1 aromatic rings. The maximum Gasteiger partial charge on any atom is 0.317 e. The minimum absolute atomic E-state index is 0.0507. The SMILES string of the molecule is O=C(NCC1CCN(c2ccncc2)CC1)N1CCCCC1CCO. The lowest BCUT2D eigenvalue weighted by Crippen LogP contribution is -2.50. The highest BCUT2D eigenvalue weighted by Gasteiger charge is 2.27. The van der Waals surface area contributed by atoms with Crippen LogP contribution in [0, 0.1) is 5.92 Å². The fourth-order valence-corrected chi connectivity index (χ4v) is 4.00. The minimum Gasteiger partial charge on any atom is -0.396 e. The number of anilines is 1. The number of rotatable bonds is 5. The number of nitrogens with one attached hydrogen (secondary N) is 1. The van der Waals surface area contributed by atoms with Crippen LogP contribution in [0.1, 0.15) is 38.5 Å². The number of pyridine rings is 1. The van der Waals surface area contributed by atoms with Crippen molar-refractivity contribution in [2.24, 2.45) is 5.92 Å². The molecule has 1 atom stereocenters. The molecular weight excluding hydrogens is 316 g/mol. The molecule has 25 heavy (non-hydrogen) atoms. The zero-order valence-corrected chi connectivity index (χ0v) is 14.9. The van der Waals surface area contributed by atoms with E-state index in [1.165, 1.54) is 5.69 Å². The van der Waals surface area contributed by atoms with E-state index in [-0.39, 0.29) is 18.7 Å². The fourth-order valence-electron chi connectivity index (χ4n) is 4.00. The third kappa shape index (κ3) is 4.84. The number of aliphatic hydroxyl groups excluding tert-OH is 1. The van der Waals surface area contributed by atoms with Gasteiger partial charge in [0.25, 0.3) is 0 Å². The highest BCUT2D eigenvalue weighted by Crippen LogP contribution is 2.23. The number of piperidine rings is 2. The van der Waals surface area contributed by atoms with Gasteiger partial charge in [-0.3, -0.25) is 4.98 Å². The van der Waals surface area contributed by atoms with E-state index in [0.29, 0.717) is 12.3 Å². The van der Waals surface area contributed by atoms with Crippen molar-refractivity contribution >= 4 is 11.7 Å². The molecule has 0 aliphatic carbocycles. The zero-order chi connectivity index (χ0) is 17.5. The molecule has 2 aliphatic heterocycles. The highest BCUT2D eigenvalue weighted by atomic mass is 16.3. The number of amides is 2. The molecule has 0 aromatic carbocycles. The molecule has 0 bridgehead atoms. The molecule has 0 saturated carbocycles. The van der Waals surface area contributed by atoms with Crippen molar-refractivity contribution in [2.45, 2.75) is 44.6 Å². The van der Waals surface area contributed by atoms with E-state index in [1.807, 2.05) is 17.3 Å². The van der Waals surface area contributed by atoms with Crippen LogP contribution < -0.4 is 10.2 Å². The van der Waals surface area contributed by atoms with Crippen molar-refractivity contribution in [3.05, 3.63) is 24.5 Å². The van der Waals surface area contributed by atoms with Crippen LogP contribution in [-0.2, 0) is 0 Å². The molecule has 0 spiro atoms. The van der Waals surface area contributed by atoms with Crippen LogP contribution in [0.2, 0.25) is 0 Å². The van der Waals surface area contributed by atoms with Crippen molar-refractivity contribution in [1.82, 2.24) is 15.2 Å². The second-order valence-electron chi connectivity index (χ2n) is 7.18. The lowest BCUT2D eigenvalue weighted by Gasteiger charge is -2.37. The summed E-state index contributed by atoms with van der Waals surface area (Å²) in [5.74, 6) is 0.545. The molecule has 3 rings (SSSR count). The first-order valence-corrected chi connectivity index (χ1v) is 9.58. The molecule has 2 fully saturated rings. The van der Waals surface area contributed by atoms with Gasteiger partial charge in [-0.2, -0.15) is 0 Å². The number of urea groups is 1. The fraction of sp³-hybridized carbons (Fsp3) is 0.684. The van der Waals surface area contributed by atoms with Gasteiger partial charge in [-0.15, -0.1) is 0 Å². The van der Waals surface area contributed by atoms with Gasteiger partial charge in [-0.25, -0.2) is 4.79 Å². The first-order valence-electron chi connectivity index (χ1n) is 9.58. The number of carbonyl (C=O) groups excluding carboxylic acids is 1. The zero-order valence-electron chi connectivity index (χ0n) is 14.9. The summed E-state index contributed by atoms with van der Waals surface area (Å²) in [4.78, 5) is 20.9. The highest BCUT2D eigenvalue weighted by molar-refractivity contribution is 5.74. The van der Waals surface area contributed by atoms with Crippen molar-refractivity contribution in [2.75, 3.05) is 37.7 Å². The van der Waals surface area contributed by atoms with Gasteiger partial charge in [0.2, 0.25) is 0 Å². The summed E-state index contributed by atoms with van der Waals surface area (Å²) in [6.07, 6.45) is 9.80. The monoisotopic (exact) mass is 346 g/mol. The summed E-state index contributed by atoms with van der Waals surface area (Å²) >= 11 is 0. The number of hydrogen-bond donors (Lipinski definition) is 2. The molecular formula is C19H30N4O2. The first kappa shape index (κ1) is 18.0. The van der Waals surface area contributed by atoms with E-state index in [4.69, 9.17) is 0 Å². The Morgan fingerprint density at radius 3 is 2.64 bits per heavy atom. The Hall–Kier alpha value is -1.82. The van der Waals surface area contributed by atoms with Crippen molar-refractivity contribution < 1.29 is 9.90 Å². The van der Waals surface area contributed by atoms with Gasteiger partial charge in [0.05, 0.1) is 0 Å². The summed E-state index contributed by atoms with van der Waals surface area (Å²) in [7, 11) is 0. The summed E-state index contributed by atoms with van der Waals surface area (Å²) in [5, 5.41) is 12.3. The smallest absolute Gasteiger partial charge is 0.317 e. The van der Waals surface area contributed by atoms with Gasteiger partial charge in [0, 0.05) is 56.9 Å². The van der Waals surface area contributed by atoms with Crippen LogP contribution >= 0.6 is 0 Å². The van der Waals surface area contributed by atoms with Crippen molar-refractivity contribution in [1.29, 1.82) is 0 Å². The molecule has 138 valence electrons. The molecule has 2 aliphatic rings. The van der Waals surface area contributed by atoms with Crippen molar-refractivity contribution in [3.8, 4) is 0 Å². The van der Waals surface area contributed by atoms with Gasteiger partial charge in [-0.1, -0.05) is 0 Å². The number of likely N-dealkylation sites (tertiary alicyclic amines) is 1. The van der Waals surface area contributed by atoms with Crippen LogP contribution in [0.25, 0.3) is 0 Å². The van der Waals surface area contributed by atoms with E-state index in [2.05, 4.69) is 27.3 Å². The second kappa shape index (κ2) is 9.04. The first-order chi connectivity index (χ1) is 12.3. The standard InChI is InChI=1S/C19H30N4O2/c24-14-8-18-3-1-2-11-23(18)19(25)21-15-16-6-12-22(13-7-16)17-4-9-20-10-5-17/h4-5,9-10,16,18,24H,1-3,6-8,11-15H2,(H,21,25). The Bertz CT molecular complexity index is 529. The van der Waals surface area contributed by atoms with Gasteiger partial charge in [0.15, 0.2) is 0 Å². The molecule has 2 N–H and O–H groups in total. The molecule has 2 saturated heterocycles. The molecule has 3 heterocycles.